The van der Waals surface area contributed by atoms with E-state index in [1.807, 2.05) is 0 Å². The quantitative estimate of drug-likeness (QED) is 0.655. The molecule has 0 heterocycles. The highest BCUT2D eigenvalue weighted by Crippen LogP contribution is 2.20. The highest BCUT2D eigenvalue weighted by atomic mass is 32.2. The molecule has 76 valence electrons. The van der Waals surface area contributed by atoms with E-state index in [0.29, 0.717) is 25.7 Å². The van der Waals surface area contributed by atoms with Crippen molar-refractivity contribution >= 4 is 15.8 Å². The Morgan fingerprint density at radius 3 is 2.15 bits per heavy atom. The summed E-state index contributed by atoms with van der Waals surface area (Å²) in [6, 6.07) is 0.0210. The largest absolute Gasteiger partial charge is 0.300 e. The molecule has 0 bridgehead atoms. The molecule has 0 amide bonds. The second-order valence-electron chi connectivity index (χ2n) is 3.55. The van der Waals surface area contributed by atoms with E-state index in [4.69, 9.17) is 0 Å². The molecule has 1 fully saturated rings. The van der Waals surface area contributed by atoms with Gasteiger partial charge in [0.1, 0.15) is 5.78 Å². The second kappa shape index (κ2) is 3.75. The number of nitrogens with zero attached hydrogens (tertiary/aromatic N) is 1. The van der Waals surface area contributed by atoms with Gasteiger partial charge in [-0.15, -0.1) is 0 Å². The number of carbonyl (C=O) groups is 1. The molecule has 0 aromatic carbocycles. The fourth-order valence-corrected chi connectivity index (χ4v) is 2.31. The van der Waals surface area contributed by atoms with E-state index in [1.54, 1.807) is 7.05 Å². The molecule has 1 aliphatic carbocycles. The maximum absolute atomic E-state index is 11.2. The van der Waals surface area contributed by atoms with Crippen molar-refractivity contribution in [2.45, 2.75) is 31.7 Å². The Labute approximate surface area is 79.0 Å². The maximum atomic E-state index is 11.2. The molecule has 13 heavy (non-hydrogen) atoms. The molecular formula is C8H15NO3S. The third kappa shape index (κ3) is 2.77. The Hall–Kier alpha value is -0.420. The van der Waals surface area contributed by atoms with Crippen molar-refractivity contribution < 1.29 is 13.2 Å². The number of Topliss-reactive ketones (excluding diaryl/α,β-unsaturated/α-hetero) is 1. The molecule has 0 saturated heterocycles. The van der Waals surface area contributed by atoms with Gasteiger partial charge in [0, 0.05) is 25.9 Å². The highest BCUT2D eigenvalue weighted by molar-refractivity contribution is 7.88. The van der Waals surface area contributed by atoms with Gasteiger partial charge in [-0.2, -0.15) is 0 Å². The fraction of sp³-hybridized carbons (Fsp3) is 0.875. The number of sulfonamides is 1. The monoisotopic (exact) mass is 205 g/mol. The molecule has 1 saturated carbocycles. The minimum Gasteiger partial charge on any atom is -0.300 e. The summed E-state index contributed by atoms with van der Waals surface area (Å²) in [6.45, 7) is 0. The normalized spacial score (nSPS) is 21.0. The summed E-state index contributed by atoms with van der Waals surface area (Å²) < 4.78 is 23.7. The van der Waals surface area contributed by atoms with Crippen molar-refractivity contribution in [2.75, 3.05) is 13.3 Å². The van der Waals surface area contributed by atoms with Gasteiger partial charge in [-0.3, -0.25) is 4.79 Å². The van der Waals surface area contributed by atoms with Crippen LogP contribution in [0.1, 0.15) is 25.7 Å². The lowest BCUT2D eigenvalue weighted by molar-refractivity contribution is -0.120. The first-order valence-corrected chi connectivity index (χ1v) is 6.21. The topological polar surface area (TPSA) is 54.5 Å². The minimum atomic E-state index is -3.10. The van der Waals surface area contributed by atoms with Crippen LogP contribution in [-0.4, -0.2) is 37.9 Å². The predicted molar refractivity (Wildman–Crippen MR) is 49.9 cm³/mol. The lowest BCUT2D eigenvalue weighted by atomic mass is 9.95. The average molecular weight is 205 g/mol. The van der Waals surface area contributed by atoms with Gasteiger partial charge in [0.15, 0.2) is 0 Å². The molecule has 1 rings (SSSR count). The molecule has 0 N–H and O–H groups in total. The fourth-order valence-electron chi connectivity index (χ4n) is 1.56. The summed E-state index contributed by atoms with van der Waals surface area (Å²) in [5, 5.41) is 0. The summed E-state index contributed by atoms with van der Waals surface area (Å²) in [6.07, 6.45) is 3.57. The van der Waals surface area contributed by atoms with Crippen LogP contribution in [0.4, 0.5) is 0 Å². The molecule has 0 aliphatic heterocycles. The summed E-state index contributed by atoms with van der Waals surface area (Å²) in [4.78, 5) is 10.9. The number of ketones is 1. The lowest BCUT2D eigenvalue weighted by Crippen LogP contribution is -2.38. The zero-order valence-electron chi connectivity index (χ0n) is 7.99. The zero-order chi connectivity index (χ0) is 10.1. The molecule has 1 aliphatic rings. The first-order chi connectivity index (χ1) is 5.91. The molecule has 5 heteroatoms. The molecule has 0 spiro atoms. The van der Waals surface area contributed by atoms with Gasteiger partial charge >= 0.3 is 0 Å². The zero-order valence-corrected chi connectivity index (χ0v) is 8.80. The van der Waals surface area contributed by atoms with Crippen molar-refractivity contribution in [3.63, 3.8) is 0 Å². The van der Waals surface area contributed by atoms with Crippen LogP contribution in [0, 0.1) is 0 Å². The van der Waals surface area contributed by atoms with Crippen LogP contribution in [0.2, 0.25) is 0 Å². The lowest BCUT2D eigenvalue weighted by Gasteiger charge is -2.28. The Morgan fingerprint density at radius 1 is 1.31 bits per heavy atom. The van der Waals surface area contributed by atoms with Crippen molar-refractivity contribution in [3.8, 4) is 0 Å². The van der Waals surface area contributed by atoms with E-state index in [-0.39, 0.29) is 11.8 Å². The third-order valence-corrected chi connectivity index (χ3v) is 3.89. The molecule has 4 nitrogen and oxygen atoms in total. The Kier molecular flexibility index (Phi) is 3.08. The van der Waals surface area contributed by atoms with Crippen LogP contribution in [0.25, 0.3) is 0 Å². The van der Waals surface area contributed by atoms with Gasteiger partial charge in [-0.25, -0.2) is 12.7 Å². The first kappa shape index (κ1) is 10.7. The highest BCUT2D eigenvalue weighted by Gasteiger charge is 2.26. The summed E-state index contributed by atoms with van der Waals surface area (Å²) >= 11 is 0. The van der Waals surface area contributed by atoms with Crippen LogP contribution in [0.15, 0.2) is 0 Å². The van der Waals surface area contributed by atoms with Crippen molar-refractivity contribution in [3.05, 3.63) is 0 Å². The van der Waals surface area contributed by atoms with Crippen molar-refractivity contribution in [1.29, 1.82) is 0 Å². The van der Waals surface area contributed by atoms with Gasteiger partial charge in [0.2, 0.25) is 10.0 Å². The van der Waals surface area contributed by atoms with E-state index in [2.05, 4.69) is 0 Å². The summed E-state index contributed by atoms with van der Waals surface area (Å²) in [5.41, 5.74) is 0. The average Bonchev–Trinajstić information content (AvgIpc) is 2.03. The number of hydrogen-bond acceptors (Lipinski definition) is 3. The van der Waals surface area contributed by atoms with E-state index < -0.39 is 10.0 Å². The van der Waals surface area contributed by atoms with Gasteiger partial charge in [-0.05, 0) is 12.8 Å². The Morgan fingerprint density at radius 2 is 1.77 bits per heavy atom. The van der Waals surface area contributed by atoms with E-state index in [0.717, 1.165) is 0 Å². The van der Waals surface area contributed by atoms with E-state index in [9.17, 15) is 13.2 Å². The van der Waals surface area contributed by atoms with Crippen LogP contribution in [0.5, 0.6) is 0 Å². The Bertz CT molecular complexity index is 287. The second-order valence-corrected chi connectivity index (χ2v) is 5.59. The van der Waals surface area contributed by atoms with Crippen LogP contribution >= 0.6 is 0 Å². The smallest absolute Gasteiger partial charge is 0.211 e. The number of carbonyl (C=O) groups excluding carboxylic acids is 1. The van der Waals surface area contributed by atoms with Gasteiger partial charge in [0.05, 0.1) is 6.26 Å². The van der Waals surface area contributed by atoms with Crippen LogP contribution in [0.3, 0.4) is 0 Å². The number of hydrogen-bond donors (Lipinski definition) is 0. The standard InChI is InChI=1S/C8H15NO3S/c1-9(13(2,11)12)7-3-5-8(10)6-4-7/h7H,3-6H2,1-2H3. The number of rotatable bonds is 2. The SMILES string of the molecule is CN(C1CCC(=O)CC1)S(C)(=O)=O. The van der Waals surface area contributed by atoms with Crippen LogP contribution in [-0.2, 0) is 14.8 Å². The maximum Gasteiger partial charge on any atom is 0.211 e. The molecule has 0 radical (unpaired) electrons. The molecule has 0 atom stereocenters. The summed E-state index contributed by atoms with van der Waals surface area (Å²) in [7, 11) is -1.52. The van der Waals surface area contributed by atoms with Gasteiger partial charge < -0.3 is 0 Å². The Balaban J connectivity index is 2.59. The van der Waals surface area contributed by atoms with E-state index >= 15 is 0 Å². The van der Waals surface area contributed by atoms with Gasteiger partial charge in [-0.1, -0.05) is 0 Å². The predicted octanol–water partition coefficient (Wildman–Crippen LogP) is 0.390. The van der Waals surface area contributed by atoms with E-state index in [1.165, 1.54) is 10.6 Å². The molecule has 0 aromatic heterocycles. The molecule has 0 unspecified atom stereocenters. The van der Waals surface area contributed by atoms with Crippen molar-refractivity contribution in [1.82, 2.24) is 4.31 Å². The molecular weight excluding hydrogens is 190 g/mol. The van der Waals surface area contributed by atoms with Crippen LogP contribution < -0.4 is 0 Å². The summed E-state index contributed by atoms with van der Waals surface area (Å²) in [5.74, 6) is 0.248. The first-order valence-electron chi connectivity index (χ1n) is 4.36. The van der Waals surface area contributed by atoms with Gasteiger partial charge in [0.25, 0.3) is 0 Å². The minimum absolute atomic E-state index is 0.0210. The molecule has 0 aromatic rings. The van der Waals surface area contributed by atoms with Crippen molar-refractivity contribution in [2.24, 2.45) is 0 Å². The third-order valence-electron chi connectivity index (χ3n) is 2.55.